The molecule has 0 spiro atoms. The van der Waals surface area contributed by atoms with E-state index in [1.807, 2.05) is 0 Å². The van der Waals surface area contributed by atoms with Gasteiger partial charge >= 0.3 is 0 Å². The van der Waals surface area contributed by atoms with Gasteiger partial charge < -0.3 is 5.73 Å². The molecule has 0 bridgehead atoms. The molecule has 92 valence electrons. The average molecular weight is 317 g/mol. The summed E-state index contributed by atoms with van der Waals surface area (Å²) < 4.78 is 0.667. The highest BCUT2D eigenvalue weighted by atomic mass is 79.9. The first kappa shape index (κ1) is 14.2. The van der Waals surface area contributed by atoms with E-state index in [-0.39, 0.29) is 11.7 Å². The van der Waals surface area contributed by atoms with Gasteiger partial charge in [0.15, 0.2) is 0 Å². The topological polar surface area (TPSA) is 72.2 Å². The van der Waals surface area contributed by atoms with Crippen LogP contribution >= 0.6 is 27.7 Å². The number of carbonyl (C=O) groups is 2. The fourth-order valence-electron chi connectivity index (χ4n) is 1.12. The Hall–Kier alpha value is -0.850. The normalized spacial score (nSPS) is 10.0. The van der Waals surface area contributed by atoms with Crippen molar-refractivity contribution in [3.63, 3.8) is 0 Å². The van der Waals surface area contributed by atoms with Crippen molar-refractivity contribution in [3.8, 4) is 0 Å². The lowest BCUT2D eigenvalue weighted by Gasteiger charge is -2.05. The Bertz CT molecular complexity index is 412. The quantitative estimate of drug-likeness (QED) is 0.805. The molecule has 2 amide bonds. The average Bonchev–Trinajstić information content (AvgIpc) is 2.29. The first-order chi connectivity index (χ1) is 8.15. The van der Waals surface area contributed by atoms with Crippen LogP contribution in [0.15, 0.2) is 28.7 Å². The Morgan fingerprint density at radius 3 is 2.71 bits per heavy atom. The van der Waals surface area contributed by atoms with E-state index < -0.39 is 5.91 Å². The van der Waals surface area contributed by atoms with Gasteiger partial charge in [0.2, 0.25) is 5.91 Å². The minimum absolute atomic E-state index is 0.243. The third-order valence-electron chi connectivity index (χ3n) is 1.87. The van der Waals surface area contributed by atoms with Crippen LogP contribution < -0.4 is 11.1 Å². The summed E-state index contributed by atoms with van der Waals surface area (Å²) in [5.74, 6) is 0.254. The van der Waals surface area contributed by atoms with Crippen LogP contribution in [0.3, 0.4) is 0 Å². The van der Waals surface area contributed by atoms with E-state index in [0.717, 1.165) is 0 Å². The lowest BCUT2D eigenvalue weighted by molar-refractivity contribution is -0.117. The lowest BCUT2D eigenvalue weighted by Crippen LogP contribution is -2.32. The summed E-state index contributed by atoms with van der Waals surface area (Å²) in [5.41, 5.74) is 5.75. The van der Waals surface area contributed by atoms with Gasteiger partial charge in [0, 0.05) is 16.8 Å². The van der Waals surface area contributed by atoms with E-state index in [4.69, 9.17) is 5.73 Å². The van der Waals surface area contributed by atoms with Gasteiger partial charge in [0.1, 0.15) is 0 Å². The van der Waals surface area contributed by atoms with Gasteiger partial charge in [0.25, 0.3) is 5.91 Å². The first-order valence-corrected chi connectivity index (χ1v) is 6.96. The molecule has 1 rings (SSSR count). The third-order valence-corrected chi connectivity index (χ3v) is 3.55. The molecule has 0 saturated heterocycles. The van der Waals surface area contributed by atoms with E-state index >= 15 is 0 Å². The van der Waals surface area contributed by atoms with Gasteiger partial charge in [-0.1, -0.05) is 12.1 Å². The van der Waals surface area contributed by atoms with Gasteiger partial charge in [-0.15, -0.1) is 0 Å². The highest BCUT2D eigenvalue weighted by Crippen LogP contribution is 2.15. The summed E-state index contributed by atoms with van der Waals surface area (Å²) >= 11 is 4.66. The van der Waals surface area contributed by atoms with Crippen molar-refractivity contribution >= 4 is 39.5 Å². The maximum Gasteiger partial charge on any atom is 0.259 e. The smallest absolute Gasteiger partial charge is 0.259 e. The molecule has 0 aliphatic rings. The molecule has 6 heteroatoms. The van der Waals surface area contributed by atoms with E-state index in [1.165, 1.54) is 11.8 Å². The highest BCUT2D eigenvalue weighted by molar-refractivity contribution is 9.10. The van der Waals surface area contributed by atoms with Gasteiger partial charge in [-0.05, 0) is 28.1 Å². The van der Waals surface area contributed by atoms with Crippen molar-refractivity contribution in [2.75, 3.05) is 18.1 Å². The SMILES string of the molecule is NCCSCC(=O)NC(=O)c1ccccc1Br. The molecular weight excluding hydrogens is 304 g/mol. The summed E-state index contributed by atoms with van der Waals surface area (Å²) in [6, 6.07) is 6.95. The van der Waals surface area contributed by atoms with Crippen LogP contribution in [0.5, 0.6) is 0 Å². The van der Waals surface area contributed by atoms with E-state index in [2.05, 4.69) is 21.2 Å². The molecule has 0 aliphatic carbocycles. The molecule has 0 aliphatic heterocycles. The Labute approximate surface area is 112 Å². The predicted molar refractivity (Wildman–Crippen MR) is 73.0 cm³/mol. The summed E-state index contributed by atoms with van der Waals surface area (Å²) in [7, 11) is 0. The zero-order chi connectivity index (χ0) is 12.7. The zero-order valence-corrected chi connectivity index (χ0v) is 11.5. The largest absolute Gasteiger partial charge is 0.330 e. The van der Waals surface area contributed by atoms with Gasteiger partial charge in [0.05, 0.1) is 11.3 Å². The number of rotatable bonds is 5. The molecular formula is C11H13BrN2O2S. The summed E-state index contributed by atoms with van der Waals surface area (Å²) in [6.07, 6.45) is 0. The van der Waals surface area contributed by atoms with Crippen LogP contribution in [-0.2, 0) is 4.79 Å². The molecule has 0 atom stereocenters. The molecule has 0 unspecified atom stereocenters. The maximum atomic E-state index is 11.7. The predicted octanol–water partition coefficient (Wildman–Crippen LogP) is 1.40. The van der Waals surface area contributed by atoms with Gasteiger partial charge in [-0.2, -0.15) is 11.8 Å². The molecule has 1 aromatic carbocycles. The van der Waals surface area contributed by atoms with Crippen molar-refractivity contribution in [1.29, 1.82) is 0 Å². The molecule has 1 aromatic rings. The van der Waals surface area contributed by atoms with Crippen molar-refractivity contribution in [3.05, 3.63) is 34.3 Å². The maximum absolute atomic E-state index is 11.7. The highest BCUT2D eigenvalue weighted by Gasteiger charge is 2.12. The van der Waals surface area contributed by atoms with Crippen LogP contribution in [0.2, 0.25) is 0 Å². The molecule has 0 heterocycles. The zero-order valence-electron chi connectivity index (χ0n) is 9.11. The summed E-state index contributed by atoms with van der Waals surface area (Å²) in [5, 5.41) is 2.33. The number of thioether (sulfide) groups is 1. The molecule has 4 nitrogen and oxygen atoms in total. The molecule has 0 fully saturated rings. The Morgan fingerprint density at radius 2 is 2.06 bits per heavy atom. The fourth-order valence-corrected chi connectivity index (χ4v) is 2.16. The molecule has 0 aromatic heterocycles. The monoisotopic (exact) mass is 316 g/mol. The van der Waals surface area contributed by atoms with Crippen molar-refractivity contribution in [2.24, 2.45) is 5.73 Å². The van der Waals surface area contributed by atoms with E-state index in [9.17, 15) is 9.59 Å². The number of benzene rings is 1. The number of hydrogen-bond donors (Lipinski definition) is 2. The van der Waals surface area contributed by atoms with Gasteiger partial charge in [-0.25, -0.2) is 0 Å². The van der Waals surface area contributed by atoms with Crippen LogP contribution in [0.25, 0.3) is 0 Å². The van der Waals surface area contributed by atoms with Gasteiger partial charge in [-0.3, -0.25) is 14.9 Å². The number of halogens is 1. The van der Waals surface area contributed by atoms with Crippen molar-refractivity contribution in [1.82, 2.24) is 5.32 Å². The van der Waals surface area contributed by atoms with Crippen LogP contribution in [0, 0.1) is 0 Å². The second kappa shape index (κ2) is 7.47. The van der Waals surface area contributed by atoms with Crippen LogP contribution in [0.4, 0.5) is 0 Å². The van der Waals surface area contributed by atoms with Crippen molar-refractivity contribution in [2.45, 2.75) is 0 Å². The Kier molecular flexibility index (Phi) is 6.25. The molecule has 3 N–H and O–H groups in total. The third kappa shape index (κ3) is 4.89. The Morgan fingerprint density at radius 1 is 1.35 bits per heavy atom. The second-order valence-corrected chi connectivity index (χ2v) is 5.16. The van der Waals surface area contributed by atoms with Crippen molar-refractivity contribution < 1.29 is 9.59 Å². The number of nitrogens with two attached hydrogens (primary N) is 1. The summed E-state index contributed by atoms with van der Waals surface area (Å²) in [4.78, 5) is 23.1. The molecule has 0 radical (unpaired) electrons. The fraction of sp³-hybridized carbons (Fsp3) is 0.273. The lowest BCUT2D eigenvalue weighted by atomic mass is 10.2. The number of hydrogen-bond acceptors (Lipinski definition) is 4. The van der Waals surface area contributed by atoms with E-state index in [1.54, 1.807) is 24.3 Å². The molecule has 0 saturated carbocycles. The minimum Gasteiger partial charge on any atom is -0.330 e. The van der Waals surface area contributed by atoms with E-state index in [0.29, 0.717) is 22.3 Å². The number of nitrogens with one attached hydrogen (secondary N) is 1. The number of carbonyl (C=O) groups excluding carboxylic acids is 2. The minimum atomic E-state index is -0.393. The van der Waals surface area contributed by atoms with Crippen LogP contribution in [0.1, 0.15) is 10.4 Å². The Balaban J connectivity index is 2.49. The van der Waals surface area contributed by atoms with Crippen LogP contribution in [-0.4, -0.2) is 29.9 Å². The second-order valence-electron chi connectivity index (χ2n) is 3.20. The first-order valence-electron chi connectivity index (χ1n) is 5.01. The standard InChI is InChI=1S/C11H13BrN2O2S/c12-9-4-2-1-3-8(9)11(16)14-10(15)7-17-6-5-13/h1-4H,5-7,13H2,(H,14,15,16). The summed E-state index contributed by atoms with van der Waals surface area (Å²) in [6.45, 7) is 0.524. The number of amides is 2. The molecule has 17 heavy (non-hydrogen) atoms. The number of imide groups is 1.